The zero-order valence-corrected chi connectivity index (χ0v) is 27.1. The van der Waals surface area contributed by atoms with E-state index in [1.165, 1.54) is 10.6 Å². The highest BCUT2D eigenvalue weighted by Crippen LogP contribution is 2.51. The predicted molar refractivity (Wildman–Crippen MR) is 170 cm³/mol. The lowest BCUT2D eigenvalue weighted by atomic mass is 9.89. The van der Waals surface area contributed by atoms with Crippen molar-refractivity contribution in [1.82, 2.24) is 19.4 Å². The van der Waals surface area contributed by atoms with Crippen LogP contribution in [0.4, 0.5) is 27.8 Å². The summed E-state index contributed by atoms with van der Waals surface area (Å²) in [5.74, 6) is -2.07. The van der Waals surface area contributed by atoms with E-state index in [-0.39, 0.29) is 58.6 Å². The van der Waals surface area contributed by atoms with Crippen molar-refractivity contribution in [2.45, 2.75) is 56.4 Å². The maximum atomic E-state index is 15.4. The van der Waals surface area contributed by atoms with E-state index in [4.69, 9.17) is 11.6 Å². The van der Waals surface area contributed by atoms with E-state index in [9.17, 15) is 14.0 Å². The molecule has 1 aromatic heterocycles. The standard InChI is InChI=1S/C32H33ClF5N5O2S/c1-5-26(44)41-12-17(4)42(13-16(41)3)30-20-9-21(32(36,37)38)27(19-10-22(33)24(35)11-23(19)34)29-28(20)43(31(45)39-30)25(7-8-46-29)18-14-40(6-2)15-18/h5,9-11,16-18,25H,1,6-8,12-15H2,2-4H3/t16-,17+,25?/m1/s1. The van der Waals surface area contributed by atoms with E-state index in [1.807, 2.05) is 20.8 Å². The lowest BCUT2D eigenvalue weighted by molar-refractivity contribution is -0.137. The second kappa shape index (κ2) is 12.1. The molecule has 0 bridgehead atoms. The molecule has 0 spiro atoms. The van der Waals surface area contributed by atoms with Gasteiger partial charge in [-0.15, -0.1) is 11.8 Å². The Morgan fingerprint density at radius 2 is 1.83 bits per heavy atom. The number of benzene rings is 2. The van der Waals surface area contributed by atoms with E-state index in [1.54, 1.807) is 9.80 Å². The fourth-order valence-corrected chi connectivity index (χ4v) is 8.48. The molecule has 2 fully saturated rings. The molecule has 0 radical (unpaired) electrons. The molecule has 0 saturated carbocycles. The number of thioether (sulfide) groups is 1. The van der Waals surface area contributed by atoms with Gasteiger partial charge in [-0.05, 0) is 45.0 Å². The van der Waals surface area contributed by atoms with Crippen molar-refractivity contribution in [3.05, 3.63) is 63.6 Å². The van der Waals surface area contributed by atoms with Crippen LogP contribution in [0.5, 0.6) is 0 Å². The molecule has 3 atom stereocenters. The Labute approximate surface area is 272 Å². The van der Waals surface area contributed by atoms with Crippen LogP contribution in [0.2, 0.25) is 5.02 Å². The number of aromatic nitrogens is 2. The molecule has 4 heterocycles. The van der Waals surface area contributed by atoms with Gasteiger partial charge in [-0.2, -0.15) is 18.2 Å². The van der Waals surface area contributed by atoms with Gasteiger partial charge in [-0.25, -0.2) is 13.6 Å². The van der Waals surface area contributed by atoms with Gasteiger partial charge >= 0.3 is 11.9 Å². The number of piperazine rings is 1. The van der Waals surface area contributed by atoms with Crippen molar-refractivity contribution < 1.29 is 26.7 Å². The maximum absolute atomic E-state index is 15.4. The van der Waals surface area contributed by atoms with Crippen molar-refractivity contribution in [3.63, 3.8) is 0 Å². The normalized spacial score (nSPS) is 22.6. The van der Waals surface area contributed by atoms with Crippen LogP contribution in [0.1, 0.15) is 38.8 Å². The smallest absolute Gasteiger partial charge is 0.349 e. The molecule has 1 unspecified atom stereocenters. The second-order valence-corrected chi connectivity index (χ2v) is 13.7. The molecule has 1 amide bonds. The highest BCUT2D eigenvalue weighted by atomic mass is 35.5. The van der Waals surface area contributed by atoms with E-state index in [0.717, 1.165) is 43.5 Å². The molecular formula is C32H33ClF5N5O2S. The molecule has 3 aliphatic rings. The van der Waals surface area contributed by atoms with Crippen LogP contribution in [0.15, 0.2) is 40.5 Å². The van der Waals surface area contributed by atoms with Gasteiger partial charge in [0.2, 0.25) is 5.91 Å². The van der Waals surface area contributed by atoms with E-state index in [2.05, 4.69) is 16.5 Å². The number of anilines is 1. The Hall–Kier alpha value is -3.16. The summed E-state index contributed by atoms with van der Waals surface area (Å²) in [6.45, 7) is 11.9. The summed E-state index contributed by atoms with van der Waals surface area (Å²) in [6.07, 6.45) is -3.26. The zero-order chi connectivity index (χ0) is 33.2. The van der Waals surface area contributed by atoms with Crippen molar-refractivity contribution in [3.8, 4) is 11.1 Å². The van der Waals surface area contributed by atoms with Gasteiger partial charge in [0.25, 0.3) is 0 Å². The van der Waals surface area contributed by atoms with Crippen molar-refractivity contribution in [2.75, 3.05) is 43.4 Å². The summed E-state index contributed by atoms with van der Waals surface area (Å²) in [5.41, 5.74) is -2.50. The Kier molecular flexibility index (Phi) is 8.64. The number of amides is 1. The molecule has 46 heavy (non-hydrogen) atoms. The quantitative estimate of drug-likeness (QED) is 0.172. The Morgan fingerprint density at radius 3 is 2.48 bits per heavy atom. The minimum Gasteiger partial charge on any atom is -0.349 e. The third kappa shape index (κ3) is 5.47. The van der Waals surface area contributed by atoms with Gasteiger partial charge in [-0.1, -0.05) is 25.1 Å². The highest BCUT2D eigenvalue weighted by Gasteiger charge is 2.42. The number of alkyl halides is 3. The lowest BCUT2D eigenvalue weighted by Crippen LogP contribution is -2.58. The van der Waals surface area contributed by atoms with Crippen LogP contribution in [-0.2, 0) is 11.0 Å². The molecule has 6 rings (SSSR count). The summed E-state index contributed by atoms with van der Waals surface area (Å²) in [5, 5.41) is -0.419. The first-order chi connectivity index (χ1) is 21.7. The maximum Gasteiger partial charge on any atom is 0.417 e. The first-order valence-electron chi connectivity index (χ1n) is 15.1. The van der Waals surface area contributed by atoms with E-state index < -0.39 is 51.3 Å². The summed E-state index contributed by atoms with van der Waals surface area (Å²) in [6, 6.07) is 1.17. The average molecular weight is 682 g/mol. The molecule has 3 aromatic rings. The molecule has 246 valence electrons. The third-order valence-electron chi connectivity index (χ3n) is 9.41. The van der Waals surface area contributed by atoms with Crippen LogP contribution >= 0.6 is 23.4 Å². The molecule has 3 aliphatic heterocycles. The Bertz CT molecular complexity index is 1790. The molecule has 0 aliphatic carbocycles. The first kappa shape index (κ1) is 32.8. The van der Waals surface area contributed by atoms with Gasteiger partial charge < -0.3 is 14.7 Å². The minimum atomic E-state index is -4.96. The number of carbonyl (C=O) groups is 1. The minimum absolute atomic E-state index is 0.0650. The highest BCUT2D eigenvalue weighted by molar-refractivity contribution is 7.99. The van der Waals surface area contributed by atoms with Crippen LogP contribution in [0, 0.1) is 17.6 Å². The topological polar surface area (TPSA) is 61.7 Å². The Balaban J connectivity index is 1.67. The molecule has 14 heteroatoms. The average Bonchev–Trinajstić information content (AvgIpc) is 3.17. The number of nitrogens with zero attached hydrogens (tertiary/aromatic N) is 5. The van der Waals surface area contributed by atoms with Gasteiger partial charge in [0.1, 0.15) is 17.5 Å². The SMILES string of the molecule is C=CC(=O)N1C[C@H](C)N(c2nc(=O)n3c4c(c(-c5cc(Cl)c(F)cc5F)c(C(F)(F)F)cc24)SCCC3C2CN(CC)C2)C[C@H]1C. The summed E-state index contributed by atoms with van der Waals surface area (Å²) < 4.78 is 76.3. The van der Waals surface area contributed by atoms with Crippen LogP contribution < -0.4 is 10.6 Å². The summed E-state index contributed by atoms with van der Waals surface area (Å²) >= 11 is 7.12. The monoisotopic (exact) mass is 681 g/mol. The number of carbonyl (C=O) groups excluding carboxylic acids is 1. The van der Waals surface area contributed by atoms with Gasteiger partial charge in [0, 0.05) is 83.5 Å². The van der Waals surface area contributed by atoms with Gasteiger partial charge in [0.15, 0.2) is 0 Å². The second-order valence-electron chi connectivity index (χ2n) is 12.2. The number of hydrogen-bond acceptors (Lipinski definition) is 6. The molecule has 2 saturated heterocycles. The Morgan fingerprint density at radius 1 is 1.11 bits per heavy atom. The van der Waals surface area contributed by atoms with Crippen LogP contribution in [0.3, 0.4) is 0 Å². The van der Waals surface area contributed by atoms with Crippen molar-refractivity contribution >= 4 is 46.0 Å². The molecule has 7 nitrogen and oxygen atoms in total. The fourth-order valence-electron chi connectivity index (χ4n) is 7.04. The molecule has 2 aromatic carbocycles. The predicted octanol–water partition coefficient (Wildman–Crippen LogP) is 6.61. The van der Waals surface area contributed by atoms with E-state index in [0.29, 0.717) is 18.2 Å². The fraction of sp³-hybridized carbons (Fsp3) is 0.469. The third-order valence-corrected chi connectivity index (χ3v) is 10.8. The number of rotatable bonds is 5. The molecular weight excluding hydrogens is 649 g/mol. The zero-order valence-electron chi connectivity index (χ0n) is 25.5. The lowest BCUT2D eigenvalue weighted by Gasteiger charge is -2.45. The number of likely N-dealkylation sites (tertiary alicyclic amines) is 1. The summed E-state index contributed by atoms with van der Waals surface area (Å²) in [7, 11) is 0. The largest absolute Gasteiger partial charge is 0.417 e. The van der Waals surface area contributed by atoms with Crippen LogP contribution in [0.25, 0.3) is 22.0 Å². The van der Waals surface area contributed by atoms with Crippen molar-refractivity contribution in [2.24, 2.45) is 5.92 Å². The number of hydrogen-bond donors (Lipinski definition) is 0. The van der Waals surface area contributed by atoms with E-state index >= 15 is 17.6 Å². The molecule has 0 N–H and O–H groups in total. The first-order valence-corrected chi connectivity index (χ1v) is 16.5. The number of halogens is 6. The van der Waals surface area contributed by atoms with Crippen molar-refractivity contribution in [1.29, 1.82) is 0 Å². The van der Waals surface area contributed by atoms with Crippen LogP contribution in [-0.4, -0.2) is 75.8 Å². The summed E-state index contributed by atoms with van der Waals surface area (Å²) in [4.78, 5) is 36.8. The van der Waals surface area contributed by atoms with Gasteiger partial charge in [0.05, 0.1) is 16.1 Å². The van der Waals surface area contributed by atoms with Gasteiger partial charge in [-0.3, -0.25) is 9.36 Å².